The summed E-state index contributed by atoms with van der Waals surface area (Å²) in [5, 5.41) is 20.7. The summed E-state index contributed by atoms with van der Waals surface area (Å²) in [6, 6.07) is 27.4. The number of hydrogen-bond donors (Lipinski definition) is 2. The predicted molar refractivity (Wildman–Crippen MR) is 255 cm³/mol. The largest absolute Gasteiger partial charge is 0.497 e. The van der Waals surface area contributed by atoms with E-state index in [0.717, 1.165) is 81.2 Å². The quantitative estimate of drug-likeness (QED) is 0.0796. The summed E-state index contributed by atoms with van der Waals surface area (Å²) in [6.45, 7) is 9.28. The number of quaternary nitrogens is 1. The first-order valence-electron chi connectivity index (χ1n) is 20.8. The third-order valence-corrected chi connectivity index (χ3v) is 13.0. The maximum atomic E-state index is 14.3. The van der Waals surface area contributed by atoms with Crippen LogP contribution in [0.4, 0.5) is 4.39 Å². The number of piperazine rings is 1. The highest BCUT2D eigenvalue weighted by molar-refractivity contribution is 7.22. The fraction of sp³-hybridized carbons (Fsp3) is 0.300. The molecule has 0 spiro atoms. The highest BCUT2D eigenvalue weighted by Gasteiger charge is 2.33. The van der Waals surface area contributed by atoms with Gasteiger partial charge in [0.2, 0.25) is 0 Å². The number of likely N-dealkylation sites (N-methyl/N-ethyl adjacent to an activating group) is 1. The molecule has 4 aromatic carbocycles. The molecule has 8 rings (SSSR count). The van der Waals surface area contributed by atoms with Crippen molar-refractivity contribution in [1.29, 1.82) is 0 Å². The number of carboxylic acid groups (broad SMARTS) is 1. The lowest BCUT2D eigenvalue weighted by Crippen LogP contribution is -2.55. The molecular weight excluding hydrogens is 867 g/mol. The van der Waals surface area contributed by atoms with Gasteiger partial charge in [0.05, 0.1) is 50.7 Å². The summed E-state index contributed by atoms with van der Waals surface area (Å²) in [4.78, 5) is 31.0. The zero-order chi connectivity index (χ0) is 45.4. The molecule has 2 N–H and O–H groups in total. The van der Waals surface area contributed by atoms with Gasteiger partial charge >= 0.3 is 0 Å². The van der Waals surface area contributed by atoms with Gasteiger partial charge in [0.25, 0.3) is 6.47 Å². The van der Waals surface area contributed by atoms with Crippen LogP contribution in [-0.4, -0.2) is 107 Å². The van der Waals surface area contributed by atoms with Crippen LogP contribution >= 0.6 is 22.9 Å². The Morgan fingerprint density at radius 2 is 1.62 bits per heavy atom. The number of fused-ring (bicyclic) bond motifs is 1. The summed E-state index contributed by atoms with van der Waals surface area (Å²) in [5.74, 6) is 2.22. The first-order valence-corrected chi connectivity index (χ1v) is 22.0. The van der Waals surface area contributed by atoms with E-state index in [2.05, 4.69) is 24.0 Å². The van der Waals surface area contributed by atoms with E-state index in [1.54, 1.807) is 32.4 Å². The molecule has 1 fully saturated rings. The molecular formula is C50H55ClFN6O6S+. The molecule has 1 unspecified atom stereocenters. The smallest absolute Gasteiger partial charge is 0.290 e. The molecule has 4 heterocycles. The number of benzene rings is 4. The molecule has 1 aliphatic rings. The summed E-state index contributed by atoms with van der Waals surface area (Å²) >= 11 is 8.59. The highest BCUT2D eigenvalue weighted by Crippen LogP contribution is 2.49. The molecule has 12 nitrogen and oxygen atoms in total. The van der Waals surface area contributed by atoms with E-state index in [1.807, 2.05) is 73.7 Å². The Morgan fingerprint density at radius 3 is 2.32 bits per heavy atom. The Kier molecular flexibility index (Phi) is 15.9. The third kappa shape index (κ3) is 11.4. The number of aromatic nitrogens is 4. The van der Waals surface area contributed by atoms with Crippen molar-refractivity contribution >= 4 is 39.6 Å². The number of thiophene rings is 1. The fourth-order valence-electron chi connectivity index (χ4n) is 7.75. The lowest BCUT2D eigenvalue weighted by atomic mass is 9.87. The van der Waals surface area contributed by atoms with Crippen LogP contribution in [0.15, 0.2) is 104 Å². The van der Waals surface area contributed by atoms with E-state index in [9.17, 15) is 9.50 Å². The van der Waals surface area contributed by atoms with Gasteiger partial charge in [-0.2, -0.15) is 0 Å². The van der Waals surface area contributed by atoms with Crippen molar-refractivity contribution in [3.8, 4) is 50.2 Å². The third-order valence-electron chi connectivity index (χ3n) is 11.4. The molecule has 3 aromatic heterocycles. The predicted octanol–water partition coefficient (Wildman–Crippen LogP) is 9.73. The standard InChI is InChI=1S/C48H49ClFN6O4S.CH2O2.CH4/c1-31-38(18-19-40(43(31)49)59-27-24-55-22-25-56(3,4)26-23-55)41-42-45(52-30-53-47(42)61-44(41)32-10-14-35(50)15-11-32)48(2,57)28-34-8-6-7-9-39(34)60-29-36-20-21-51-46(54-36)33-12-16-37(58-5)17-13-33;2-1-3;/h6-21,30,57H,22-29H2,1-5H3;1H,(H,2,3);1H4/q+1;;. The first kappa shape index (κ1) is 48.4. The number of nitrogens with zero attached hydrogens (tertiary/aromatic N) is 6. The monoisotopic (exact) mass is 921 g/mol. The zero-order valence-corrected chi connectivity index (χ0v) is 38.0. The summed E-state index contributed by atoms with van der Waals surface area (Å²) in [7, 11) is 6.17. The number of para-hydroxylation sites is 1. The van der Waals surface area contributed by atoms with Gasteiger partial charge in [-0.05, 0) is 90.7 Å². The second kappa shape index (κ2) is 21.3. The molecule has 0 bridgehead atoms. The SMILES string of the molecule is C.COc1ccc(-c2nccc(COc3ccccc3CC(C)(O)c3ncnc4sc(-c5ccc(F)cc5)c(-c5ccc(OCCN6CC[N+](C)(C)CC6)c(Cl)c5C)c34)n2)cc1.O=CO. The summed E-state index contributed by atoms with van der Waals surface area (Å²) in [6.07, 6.45) is 3.38. The van der Waals surface area contributed by atoms with Crippen molar-refractivity contribution in [1.82, 2.24) is 24.8 Å². The Labute approximate surface area is 388 Å². The minimum Gasteiger partial charge on any atom is -0.497 e. The van der Waals surface area contributed by atoms with Gasteiger partial charge in [-0.1, -0.05) is 55.4 Å². The molecule has 340 valence electrons. The molecule has 0 radical (unpaired) electrons. The first-order chi connectivity index (χ1) is 30.8. The van der Waals surface area contributed by atoms with Gasteiger partial charge < -0.3 is 28.9 Å². The average Bonchev–Trinajstić information content (AvgIpc) is 3.68. The van der Waals surface area contributed by atoms with E-state index >= 15 is 0 Å². The number of halogens is 2. The Bertz CT molecular complexity index is 2710. The molecule has 0 amide bonds. The van der Waals surface area contributed by atoms with Crippen LogP contribution in [0.3, 0.4) is 0 Å². The van der Waals surface area contributed by atoms with Crippen molar-refractivity contribution in [2.24, 2.45) is 0 Å². The normalized spacial score (nSPS) is 14.3. The van der Waals surface area contributed by atoms with Crippen LogP contribution in [0.2, 0.25) is 5.02 Å². The van der Waals surface area contributed by atoms with Crippen molar-refractivity contribution in [2.75, 3.05) is 60.5 Å². The van der Waals surface area contributed by atoms with Crippen molar-refractivity contribution < 1.29 is 38.1 Å². The van der Waals surface area contributed by atoms with E-state index in [4.69, 9.17) is 50.7 Å². The molecule has 1 aliphatic heterocycles. The highest BCUT2D eigenvalue weighted by atomic mass is 35.5. The molecule has 0 aliphatic carbocycles. The van der Waals surface area contributed by atoms with E-state index < -0.39 is 5.60 Å². The minimum absolute atomic E-state index is 0. The van der Waals surface area contributed by atoms with Crippen molar-refractivity contribution in [3.05, 3.63) is 137 Å². The van der Waals surface area contributed by atoms with Gasteiger partial charge in [0, 0.05) is 53.6 Å². The average molecular weight is 923 g/mol. The van der Waals surface area contributed by atoms with Crippen molar-refractivity contribution in [3.63, 3.8) is 0 Å². The summed E-state index contributed by atoms with van der Waals surface area (Å²) < 4.78 is 33.3. The number of carbonyl (C=O) groups is 1. The minimum atomic E-state index is -1.49. The van der Waals surface area contributed by atoms with Gasteiger partial charge in [0.15, 0.2) is 5.82 Å². The number of rotatable bonds is 14. The number of methoxy groups -OCH3 is 1. The zero-order valence-electron chi connectivity index (χ0n) is 36.4. The van der Waals surface area contributed by atoms with Crippen LogP contribution < -0.4 is 14.2 Å². The second-order valence-corrected chi connectivity index (χ2v) is 17.8. The maximum absolute atomic E-state index is 14.3. The van der Waals surface area contributed by atoms with Crippen LogP contribution in [0.1, 0.15) is 36.9 Å². The molecule has 65 heavy (non-hydrogen) atoms. The van der Waals surface area contributed by atoms with E-state index in [0.29, 0.717) is 50.6 Å². The number of aliphatic hydroxyl groups is 1. The van der Waals surface area contributed by atoms with Crippen molar-refractivity contribution in [2.45, 2.75) is 39.9 Å². The topological polar surface area (TPSA) is 140 Å². The molecule has 1 saturated heterocycles. The molecule has 7 aromatic rings. The lowest BCUT2D eigenvalue weighted by Gasteiger charge is -2.39. The van der Waals surface area contributed by atoms with E-state index in [1.165, 1.54) is 29.8 Å². The van der Waals surface area contributed by atoms with Gasteiger partial charge in [-0.15, -0.1) is 11.3 Å². The van der Waals surface area contributed by atoms with Crippen LogP contribution in [0, 0.1) is 12.7 Å². The van der Waals surface area contributed by atoms with Crippen LogP contribution in [-0.2, 0) is 23.4 Å². The van der Waals surface area contributed by atoms with Gasteiger partial charge in [-0.3, -0.25) is 9.69 Å². The fourth-order valence-corrected chi connectivity index (χ4v) is 9.14. The number of ether oxygens (including phenoxy) is 3. The Hall–Kier alpha value is -6.03. The van der Waals surface area contributed by atoms with Gasteiger partial charge in [0.1, 0.15) is 53.0 Å². The second-order valence-electron chi connectivity index (χ2n) is 16.4. The van der Waals surface area contributed by atoms with Crippen LogP contribution in [0.25, 0.3) is 43.2 Å². The summed E-state index contributed by atoms with van der Waals surface area (Å²) in [5.41, 5.74) is 4.58. The molecule has 1 atom stereocenters. The molecule has 0 saturated carbocycles. The van der Waals surface area contributed by atoms with Gasteiger partial charge in [-0.25, -0.2) is 24.3 Å². The maximum Gasteiger partial charge on any atom is 0.290 e. The van der Waals surface area contributed by atoms with Crippen LogP contribution in [0.5, 0.6) is 17.2 Å². The Morgan fingerprint density at radius 1 is 0.923 bits per heavy atom. The molecule has 15 heteroatoms. The lowest BCUT2D eigenvalue weighted by molar-refractivity contribution is -0.894. The Balaban J connectivity index is 0.00000170. The van der Waals surface area contributed by atoms with E-state index in [-0.39, 0.29) is 32.7 Å². The number of hydrogen-bond acceptors (Lipinski definition) is 11.